The Morgan fingerprint density at radius 3 is 2.53 bits per heavy atom. The third-order valence-corrected chi connectivity index (χ3v) is 5.62. The quantitative estimate of drug-likeness (QED) is 0.570. The second kappa shape index (κ2) is 10.8. The third kappa shape index (κ3) is 5.87. The Morgan fingerprint density at radius 1 is 1.17 bits per heavy atom. The van der Waals surface area contributed by atoms with Crippen molar-refractivity contribution in [2.45, 2.75) is 51.6 Å². The van der Waals surface area contributed by atoms with Crippen LogP contribution in [0.2, 0.25) is 0 Å². The molecule has 3 rings (SSSR count). The summed E-state index contributed by atoms with van der Waals surface area (Å²) in [7, 11) is 1.76. The Labute approximate surface area is 178 Å². The zero-order valence-electron chi connectivity index (χ0n) is 18.0. The molecule has 2 aliphatic rings. The number of likely N-dealkylation sites (tertiary alicyclic amines) is 1. The molecule has 2 saturated heterocycles. The minimum absolute atomic E-state index is 0.214. The highest BCUT2D eigenvalue weighted by molar-refractivity contribution is 5.94. The molecule has 2 fully saturated rings. The van der Waals surface area contributed by atoms with Crippen molar-refractivity contribution in [1.82, 2.24) is 15.5 Å². The highest BCUT2D eigenvalue weighted by Gasteiger charge is 2.24. The van der Waals surface area contributed by atoms with Gasteiger partial charge in [-0.2, -0.15) is 0 Å². The van der Waals surface area contributed by atoms with Crippen molar-refractivity contribution in [1.29, 1.82) is 0 Å². The summed E-state index contributed by atoms with van der Waals surface area (Å²) in [5, 5.41) is 6.79. The number of hydrogen-bond acceptors (Lipinski definition) is 4. The first-order valence-electron chi connectivity index (χ1n) is 10.9. The van der Waals surface area contributed by atoms with Crippen LogP contribution in [0.5, 0.6) is 0 Å². The summed E-state index contributed by atoms with van der Waals surface area (Å²) in [5.41, 5.74) is 2.10. The zero-order chi connectivity index (χ0) is 21.3. The fourth-order valence-electron chi connectivity index (χ4n) is 3.87. The summed E-state index contributed by atoms with van der Waals surface area (Å²) >= 11 is 0. The first-order chi connectivity index (χ1) is 14.6. The molecular weight excluding hydrogens is 382 g/mol. The molecule has 0 radical (unpaired) electrons. The average Bonchev–Trinajstić information content (AvgIpc) is 2.78. The normalized spacial score (nSPS) is 18.3. The molecule has 1 aromatic rings. The van der Waals surface area contributed by atoms with E-state index >= 15 is 0 Å². The first-order valence-corrected chi connectivity index (χ1v) is 10.9. The summed E-state index contributed by atoms with van der Waals surface area (Å²) in [6.45, 7) is 5.05. The predicted molar refractivity (Wildman–Crippen MR) is 118 cm³/mol. The van der Waals surface area contributed by atoms with E-state index < -0.39 is 0 Å². The number of rotatable bonds is 5. The molecule has 0 saturated carbocycles. The van der Waals surface area contributed by atoms with Crippen molar-refractivity contribution in [3.63, 3.8) is 0 Å². The number of benzene rings is 1. The number of piperidine rings is 2. The van der Waals surface area contributed by atoms with Crippen LogP contribution in [0.15, 0.2) is 29.3 Å². The molecule has 30 heavy (non-hydrogen) atoms. The van der Waals surface area contributed by atoms with Crippen LogP contribution in [0.25, 0.3) is 0 Å². The molecule has 8 heteroatoms. The second-order valence-corrected chi connectivity index (χ2v) is 7.70. The highest BCUT2D eigenvalue weighted by atomic mass is 16.6. The van der Waals surface area contributed by atoms with Gasteiger partial charge in [-0.3, -0.25) is 9.79 Å². The highest BCUT2D eigenvalue weighted by Crippen LogP contribution is 2.21. The number of nitrogens with zero attached hydrogens (tertiary/aromatic N) is 3. The molecule has 8 nitrogen and oxygen atoms in total. The molecule has 0 spiro atoms. The summed E-state index contributed by atoms with van der Waals surface area (Å²) in [6, 6.07) is 8.41. The number of ether oxygens (including phenoxy) is 1. The maximum atomic E-state index is 12.1. The molecule has 2 N–H and O–H groups in total. The van der Waals surface area contributed by atoms with Gasteiger partial charge in [0.1, 0.15) is 0 Å². The number of amides is 2. The van der Waals surface area contributed by atoms with Gasteiger partial charge in [0.25, 0.3) is 0 Å². The zero-order valence-corrected chi connectivity index (χ0v) is 18.0. The molecule has 0 unspecified atom stereocenters. The predicted octanol–water partition coefficient (Wildman–Crippen LogP) is 2.49. The van der Waals surface area contributed by atoms with Crippen molar-refractivity contribution < 1.29 is 14.3 Å². The van der Waals surface area contributed by atoms with Crippen LogP contribution in [-0.4, -0.2) is 62.2 Å². The van der Waals surface area contributed by atoms with Crippen molar-refractivity contribution in [3.8, 4) is 0 Å². The molecule has 0 atom stereocenters. The van der Waals surface area contributed by atoms with Gasteiger partial charge in [-0.25, -0.2) is 4.79 Å². The third-order valence-electron chi connectivity index (χ3n) is 5.62. The monoisotopic (exact) mass is 415 g/mol. The number of guanidine groups is 1. The van der Waals surface area contributed by atoms with Gasteiger partial charge in [-0.1, -0.05) is 12.1 Å². The minimum Gasteiger partial charge on any atom is -0.450 e. The van der Waals surface area contributed by atoms with Gasteiger partial charge in [0.15, 0.2) is 5.96 Å². The lowest BCUT2D eigenvalue weighted by Gasteiger charge is -2.32. The molecule has 2 heterocycles. The fourth-order valence-corrected chi connectivity index (χ4v) is 3.87. The lowest BCUT2D eigenvalue weighted by atomic mass is 10.1. The standard InChI is InChI=1S/C22H33N5O3/c1-3-30-22(29)26-14-11-18(12-15-26)25-21(23-2)24-16-17-7-9-19(10-8-17)27-13-5-4-6-20(27)28/h7-10,18H,3-6,11-16H2,1-2H3,(H2,23,24,25). The Bertz CT molecular complexity index is 742. The lowest BCUT2D eigenvalue weighted by Crippen LogP contribution is -2.49. The largest absolute Gasteiger partial charge is 0.450 e. The first kappa shape index (κ1) is 21.9. The average molecular weight is 416 g/mol. The van der Waals surface area contributed by atoms with E-state index in [1.807, 2.05) is 24.0 Å². The molecule has 2 aliphatic heterocycles. The second-order valence-electron chi connectivity index (χ2n) is 7.70. The molecule has 164 valence electrons. The Kier molecular flexibility index (Phi) is 7.93. The maximum absolute atomic E-state index is 12.1. The number of nitrogens with one attached hydrogen (secondary N) is 2. The maximum Gasteiger partial charge on any atom is 0.409 e. The van der Waals surface area contributed by atoms with Crippen LogP contribution < -0.4 is 15.5 Å². The molecule has 0 aromatic heterocycles. The van der Waals surface area contributed by atoms with E-state index in [0.717, 1.165) is 49.4 Å². The van der Waals surface area contributed by atoms with Crippen molar-refractivity contribution in [3.05, 3.63) is 29.8 Å². The topological polar surface area (TPSA) is 86.3 Å². The van der Waals surface area contributed by atoms with Crippen molar-refractivity contribution in [2.24, 2.45) is 4.99 Å². The molecule has 0 aliphatic carbocycles. The van der Waals surface area contributed by atoms with E-state index in [-0.39, 0.29) is 18.0 Å². The van der Waals surface area contributed by atoms with Crippen LogP contribution in [0, 0.1) is 0 Å². The Morgan fingerprint density at radius 2 is 1.90 bits per heavy atom. The molecule has 2 amide bonds. The van der Waals surface area contributed by atoms with Crippen molar-refractivity contribution in [2.75, 3.05) is 38.2 Å². The van der Waals surface area contributed by atoms with Gasteiger partial charge < -0.3 is 25.2 Å². The van der Waals surface area contributed by atoms with Crippen LogP contribution in [0.1, 0.15) is 44.6 Å². The summed E-state index contributed by atoms with van der Waals surface area (Å²) in [5.74, 6) is 0.964. The van der Waals surface area contributed by atoms with Gasteiger partial charge in [-0.15, -0.1) is 0 Å². The van der Waals surface area contributed by atoms with Crippen molar-refractivity contribution >= 4 is 23.6 Å². The van der Waals surface area contributed by atoms with Gasteiger partial charge >= 0.3 is 6.09 Å². The molecule has 0 bridgehead atoms. The van der Waals surface area contributed by atoms with Gasteiger partial charge in [-0.05, 0) is 50.3 Å². The Balaban J connectivity index is 1.44. The smallest absolute Gasteiger partial charge is 0.409 e. The number of anilines is 1. The number of aliphatic imine (C=N–C) groups is 1. The van der Waals surface area contributed by atoms with E-state index in [0.29, 0.717) is 32.7 Å². The van der Waals surface area contributed by atoms with E-state index in [1.54, 1.807) is 11.9 Å². The van der Waals surface area contributed by atoms with Crippen LogP contribution in [0.4, 0.5) is 10.5 Å². The van der Waals surface area contributed by atoms with E-state index in [9.17, 15) is 9.59 Å². The number of carbonyl (C=O) groups excluding carboxylic acids is 2. The van der Waals surface area contributed by atoms with E-state index in [1.165, 1.54) is 0 Å². The summed E-state index contributed by atoms with van der Waals surface area (Å²) in [6.07, 6.45) is 4.19. The summed E-state index contributed by atoms with van der Waals surface area (Å²) in [4.78, 5) is 31.8. The van der Waals surface area contributed by atoms with Gasteiger partial charge in [0, 0.05) is 51.4 Å². The van der Waals surface area contributed by atoms with Crippen LogP contribution in [0.3, 0.4) is 0 Å². The lowest BCUT2D eigenvalue weighted by molar-refractivity contribution is -0.119. The van der Waals surface area contributed by atoms with Gasteiger partial charge in [0.05, 0.1) is 6.61 Å². The van der Waals surface area contributed by atoms with Gasteiger partial charge in [0.2, 0.25) is 5.91 Å². The SMILES string of the molecule is CCOC(=O)N1CCC(NC(=NC)NCc2ccc(N3CCCCC3=O)cc2)CC1. The van der Waals surface area contributed by atoms with Crippen LogP contribution in [-0.2, 0) is 16.1 Å². The van der Waals surface area contributed by atoms with Crippen LogP contribution >= 0.6 is 0 Å². The molecule has 1 aromatic carbocycles. The number of carbonyl (C=O) groups is 2. The Hall–Kier alpha value is -2.77. The minimum atomic E-state index is -0.229. The fraction of sp³-hybridized carbons (Fsp3) is 0.591. The molecular formula is C22H33N5O3. The van der Waals surface area contributed by atoms with E-state index in [2.05, 4.69) is 27.8 Å². The van der Waals surface area contributed by atoms with E-state index in [4.69, 9.17) is 4.74 Å². The summed E-state index contributed by atoms with van der Waals surface area (Å²) < 4.78 is 5.07. The number of hydrogen-bond donors (Lipinski definition) is 2.